The van der Waals surface area contributed by atoms with Crippen LogP contribution in [-0.4, -0.2) is 14.5 Å². The zero-order valence-electron chi connectivity index (χ0n) is 22.1. The van der Waals surface area contributed by atoms with Crippen LogP contribution in [0.25, 0.3) is 82.2 Å². The Morgan fingerprint density at radius 3 is 1.54 bits per heavy atom. The second-order valence-corrected chi connectivity index (χ2v) is 10.6. The van der Waals surface area contributed by atoms with Crippen molar-refractivity contribution in [2.75, 3.05) is 0 Å². The highest BCUT2D eigenvalue weighted by Gasteiger charge is 2.20. The number of benzene rings is 7. The van der Waals surface area contributed by atoms with E-state index in [1.54, 1.807) is 0 Å². The highest BCUT2D eigenvalue weighted by atomic mass is 15.2. The van der Waals surface area contributed by atoms with Crippen LogP contribution in [0.2, 0.25) is 0 Å². The standard InChI is InChI=1S/C38H23N3/c1-2-13-27(14-3-1)36-31-21-18-26-12-6-9-17-30(26)37(31)40-38(39-36)41-32-22-19-24-10-4-7-15-28(24)34(32)35-29-16-8-5-11-25(29)20-23-33(35)41/h1-23H. The van der Waals surface area contributed by atoms with Crippen molar-refractivity contribution >= 4 is 65.0 Å². The molecule has 2 heterocycles. The van der Waals surface area contributed by atoms with Gasteiger partial charge in [-0.3, -0.25) is 4.57 Å². The van der Waals surface area contributed by atoms with E-state index in [0.717, 1.165) is 38.6 Å². The van der Waals surface area contributed by atoms with E-state index in [1.165, 1.54) is 37.7 Å². The Labute approximate surface area is 235 Å². The topological polar surface area (TPSA) is 30.7 Å². The van der Waals surface area contributed by atoms with E-state index in [1.807, 2.05) is 6.07 Å². The molecule has 2 aromatic heterocycles. The molecule has 7 aromatic carbocycles. The molecule has 0 fully saturated rings. The van der Waals surface area contributed by atoms with E-state index in [9.17, 15) is 0 Å². The second kappa shape index (κ2) is 8.48. The van der Waals surface area contributed by atoms with Crippen LogP contribution in [0.1, 0.15) is 0 Å². The summed E-state index contributed by atoms with van der Waals surface area (Å²) in [6.07, 6.45) is 0. The average molecular weight is 522 g/mol. The minimum Gasteiger partial charge on any atom is -0.278 e. The predicted molar refractivity (Wildman–Crippen MR) is 172 cm³/mol. The molecular weight excluding hydrogens is 498 g/mol. The summed E-state index contributed by atoms with van der Waals surface area (Å²) in [6.45, 7) is 0. The Hall–Kier alpha value is -5.54. The fourth-order valence-electron chi connectivity index (χ4n) is 6.53. The van der Waals surface area contributed by atoms with E-state index >= 15 is 0 Å². The number of hydrogen-bond acceptors (Lipinski definition) is 2. The van der Waals surface area contributed by atoms with E-state index in [0.29, 0.717) is 5.95 Å². The maximum atomic E-state index is 5.34. The molecule has 0 atom stereocenters. The summed E-state index contributed by atoms with van der Waals surface area (Å²) in [5.41, 5.74) is 5.19. The van der Waals surface area contributed by atoms with Gasteiger partial charge in [-0.25, -0.2) is 9.97 Å². The normalized spacial score (nSPS) is 11.9. The van der Waals surface area contributed by atoms with Gasteiger partial charge in [-0.1, -0.05) is 121 Å². The molecule has 9 rings (SSSR count). The number of hydrogen-bond donors (Lipinski definition) is 0. The van der Waals surface area contributed by atoms with E-state index in [4.69, 9.17) is 9.97 Å². The Balaban J connectivity index is 1.51. The molecule has 0 saturated carbocycles. The summed E-state index contributed by atoms with van der Waals surface area (Å²) in [4.78, 5) is 10.7. The lowest BCUT2D eigenvalue weighted by molar-refractivity contribution is 1.02. The Morgan fingerprint density at radius 2 is 0.902 bits per heavy atom. The summed E-state index contributed by atoms with van der Waals surface area (Å²) < 4.78 is 2.26. The van der Waals surface area contributed by atoms with Gasteiger partial charge in [0.1, 0.15) is 0 Å². The van der Waals surface area contributed by atoms with Crippen molar-refractivity contribution in [3.8, 4) is 17.2 Å². The van der Waals surface area contributed by atoms with Crippen LogP contribution in [0.3, 0.4) is 0 Å². The van der Waals surface area contributed by atoms with Crippen molar-refractivity contribution < 1.29 is 0 Å². The van der Waals surface area contributed by atoms with E-state index < -0.39 is 0 Å². The van der Waals surface area contributed by atoms with Crippen molar-refractivity contribution in [1.29, 1.82) is 0 Å². The van der Waals surface area contributed by atoms with Crippen LogP contribution < -0.4 is 0 Å². The van der Waals surface area contributed by atoms with Crippen LogP contribution in [-0.2, 0) is 0 Å². The van der Waals surface area contributed by atoms with Crippen LogP contribution >= 0.6 is 0 Å². The number of fused-ring (bicyclic) bond motifs is 10. The maximum absolute atomic E-state index is 5.34. The SMILES string of the molecule is c1ccc(-c2nc(-n3c4ccc5ccccc5c4c4c5ccccc5ccc43)nc3c2ccc2ccccc23)cc1. The summed E-state index contributed by atoms with van der Waals surface area (Å²) >= 11 is 0. The van der Waals surface area contributed by atoms with Gasteiger partial charge >= 0.3 is 0 Å². The van der Waals surface area contributed by atoms with Crippen molar-refractivity contribution in [1.82, 2.24) is 14.5 Å². The highest BCUT2D eigenvalue weighted by Crippen LogP contribution is 2.41. The van der Waals surface area contributed by atoms with Crippen molar-refractivity contribution in [3.63, 3.8) is 0 Å². The molecule has 0 unspecified atom stereocenters. The largest absolute Gasteiger partial charge is 0.278 e. The third kappa shape index (κ3) is 3.20. The van der Waals surface area contributed by atoms with Gasteiger partial charge in [0.05, 0.1) is 22.2 Å². The smallest absolute Gasteiger partial charge is 0.235 e. The Morgan fingerprint density at radius 1 is 0.390 bits per heavy atom. The number of nitrogens with zero attached hydrogens (tertiary/aromatic N) is 3. The fourth-order valence-corrected chi connectivity index (χ4v) is 6.53. The van der Waals surface area contributed by atoms with Gasteiger partial charge in [0.25, 0.3) is 0 Å². The third-order valence-corrected chi connectivity index (χ3v) is 8.37. The summed E-state index contributed by atoms with van der Waals surface area (Å²) in [5, 5.41) is 10.7. The quantitative estimate of drug-likeness (QED) is 0.212. The molecule has 0 aliphatic carbocycles. The first kappa shape index (κ1) is 22.3. The molecule has 3 heteroatoms. The molecule has 0 spiro atoms. The van der Waals surface area contributed by atoms with Gasteiger partial charge in [-0.2, -0.15) is 0 Å². The van der Waals surface area contributed by atoms with Gasteiger partial charge in [0.2, 0.25) is 5.95 Å². The molecule has 0 aliphatic rings. The number of rotatable bonds is 2. The molecule has 0 amide bonds. The van der Waals surface area contributed by atoms with Crippen molar-refractivity contribution in [3.05, 3.63) is 140 Å². The van der Waals surface area contributed by atoms with E-state index in [2.05, 4.69) is 138 Å². The maximum Gasteiger partial charge on any atom is 0.235 e. The molecule has 9 aromatic rings. The summed E-state index contributed by atoms with van der Waals surface area (Å²) in [6, 6.07) is 49.5. The average Bonchev–Trinajstić information content (AvgIpc) is 3.40. The fraction of sp³-hybridized carbons (Fsp3) is 0. The van der Waals surface area contributed by atoms with Crippen LogP contribution in [0.5, 0.6) is 0 Å². The molecule has 0 radical (unpaired) electrons. The minimum atomic E-state index is 0.679. The Bertz CT molecular complexity index is 2380. The first-order chi connectivity index (χ1) is 20.3. The molecule has 3 nitrogen and oxygen atoms in total. The minimum absolute atomic E-state index is 0.679. The summed E-state index contributed by atoms with van der Waals surface area (Å²) in [7, 11) is 0. The monoisotopic (exact) mass is 521 g/mol. The lowest BCUT2D eigenvalue weighted by Crippen LogP contribution is -2.03. The van der Waals surface area contributed by atoms with Crippen molar-refractivity contribution in [2.24, 2.45) is 0 Å². The van der Waals surface area contributed by atoms with Crippen LogP contribution in [0, 0.1) is 0 Å². The molecule has 190 valence electrons. The van der Waals surface area contributed by atoms with Crippen molar-refractivity contribution in [2.45, 2.75) is 0 Å². The van der Waals surface area contributed by atoms with Gasteiger partial charge in [0, 0.05) is 27.1 Å². The van der Waals surface area contributed by atoms with Crippen LogP contribution in [0.15, 0.2) is 140 Å². The third-order valence-electron chi connectivity index (χ3n) is 8.37. The lowest BCUT2D eigenvalue weighted by atomic mass is 10.00. The zero-order chi connectivity index (χ0) is 26.9. The Kier molecular flexibility index (Phi) is 4.61. The molecule has 0 saturated heterocycles. The van der Waals surface area contributed by atoms with E-state index in [-0.39, 0.29) is 0 Å². The van der Waals surface area contributed by atoms with Gasteiger partial charge in [-0.15, -0.1) is 0 Å². The molecule has 0 aliphatic heterocycles. The van der Waals surface area contributed by atoms with Gasteiger partial charge < -0.3 is 0 Å². The summed E-state index contributed by atoms with van der Waals surface area (Å²) in [5.74, 6) is 0.679. The highest BCUT2D eigenvalue weighted by molar-refractivity contribution is 6.28. The predicted octanol–water partition coefficient (Wildman–Crippen LogP) is 9.85. The number of aromatic nitrogens is 3. The van der Waals surface area contributed by atoms with Gasteiger partial charge in [-0.05, 0) is 45.1 Å². The zero-order valence-corrected chi connectivity index (χ0v) is 22.1. The van der Waals surface area contributed by atoms with Crippen LogP contribution in [0.4, 0.5) is 0 Å². The molecule has 41 heavy (non-hydrogen) atoms. The molecule has 0 N–H and O–H groups in total. The second-order valence-electron chi connectivity index (χ2n) is 10.6. The lowest BCUT2D eigenvalue weighted by Gasteiger charge is -2.13. The molecular formula is C38H23N3. The van der Waals surface area contributed by atoms with Gasteiger partial charge in [0.15, 0.2) is 0 Å². The molecule has 0 bridgehead atoms. The first-order valence-corrected chi connectivity index (χ1v) is 13.9. The first-order valence-electron chi connectivity index (χ1n) is 13.9.